The summed E-state index contributed by atoms with van der Waals surface area (Å²) in [6, 6.07) is 3.25. The van der Waals surface area contributed by atoms with Crippen molar-refractivity contribution in [3.63, 3.8) is 0 Å². The number of nitrogens with two attached hydrogens (primary N) is 1. The molecule has 1 unspecified atom stereocenters. The molecule has 1 aromatic heterocycles. The van der Waals surface area contributed by atoms with Crippen LogP contribution < -0.4 is 25.5 Å². The smallest absolute Gasteiger partial charge is 0.203 e. The standard InChI is InChI=1S/C14H18N4O3/c1-19-11-5-4-9(13(20-2)14(11)21-3)12(18-15)10-8-16-6-7-17-10/h4-8,12,18H,15H2,1-3H3. The Kier molecular flexibility index (Phi) is 4.91. The number of rotatable bonds is 6. The van der Waals surface area contributed by atoms with Crippen LogP contribution in [-0.4, -0.2) is 31.3 Å². The van der Waals surface area contributed by atoms with Crippen molar-refractivity contribution < 1.29 is 14.2 Å². The lowest BCUT2D eigenvalue weighted by molar-refractivity contribution is 0.320. The second-order valence-corrected chi connectivity index (χ2v) is 4.15. The molecule has 0 spiro atoms. The molecule has 1 aromatic carbocycles. The summed E-state index contributed by atoms with van der Waals surface area (Å²) in [7, 11) is 4.68. The van der Waals surface area contributed by atoms with Crippen LogP contribution in [0.4, 0.5) is 0 Å². The van der Waals surface area contributed by atoms with Gasteiger partial charge in [-0.1, -0.05) is 0 Å². The van der Waals surface area contributed by atoms with Gasteiger partial charge in [0.2, 0.25) is 5.75 Å². The topological polar surface area (TPSA) is 91.5 Å². The van der Waals surface area contributed by atoms with Gasteiger partial charge in [0.05, 0.1) is 39.3 Å². The van der Waals surface area contributed by atoms with Gasteiger partial charge in [-0.25, -0.2) is 5.43 Å². The average Bonchev–Trinajstić information content (AvgIpc) is 2.55. The molecular weight excluding hydrogens is 272 g/mol. The third kappa shape index (κ3) is 2.88. The molecule has 0 bridgehead atoms. The van der Waals surface area contributed by atoms with Crippen LogP contribution in [0.25, 0.3) is 0 Å². The highest BCUT2D eigenvalue weighted by atomic mass is 16.5. The van der Waals surface area contributed by atoms with Crippen LogP contribution in [0.1, 0.15) is 17.3 Å². The fourth-order valence-electron chi connectivity index (χ4n) is 2.15. The highest BCUT2D eigenvalue weighted by molar-refractivity contribution is 5.57. The molecule has 2 rings (SSSR count). The first-order valence-corrected chi connectivity index (χ1v) is 6.27. The van der Waals surface area contributed by atoms with Crippen molar-refractivity contribution >= 4 is 0 Å². The average molecular weight is 290 g/mol. The van der Waals surface area contributed by atoms with Crippen LogP contribution in [0.5, 0.6) is 17.2 Å². The molecule has 0 fully saturated rings. The predicted molar refractivity (Wildman–Crippen MR) is 77.3 cm³/mol. The van der Waals surface area contributed by atoms with E-state index in [1.165, 1.54) is 0 Å². The van der Waals surface area contributed by atoms with Crippen LogP contribution in [0, 0.1) is 0 Å². The van der Waals surface area contributed by atoms with Gasteiger partial charge >= 0.3 is 0 Å². The summed E-state index contributed by atoms with van der Waals surface area (Å²) in [5.41, 5.74) is 4.17. The van der Waals surface area contributed by atoms with Crippen LogP contribution in [0.15, 0.2) is 30.7 Å². The van der Waals surface area contributed by atoms with Gasteiger partial charge in [0.15, 0.2) is 11.5 Å². The molecule has 0 aliphatic rings. The van der Waals surface area contributed by atoms with Crippen molar-refractivity contribution in [3.05, 3.63) is 42.0 Å². The Hall–Kier alpha value is -2.38. The Morgan fingerprint density at radius 1 is 1.05 bits per heavy atom. The third-order valence-corrected chi connectivity index (χ3v) is 3.09. The van der Waals surface area contributed by atoms with Crippen LogP contribution >= 0.6 is 0 Å². The van der Waals surface area contributed by atoms with E-state index >= 15 is 0 Å². The van der Waals surface area contributed by atoms with Crippen molar-refractivity contribution in [3.8, 4) is 17.2 Å². The number of nitrogens with zero attached hydrogens (tertiary/aromatic N) is 2. The van der Waals surface area contributed by atoms with Gasteiger partial charge in [-0.05, 0) is 12.1 Å². The van der Waals surface area contributed by atoms with Crippen molar-refractivity contribution in [1.29, 1.82) is 0 Å². The molecule has 0 saturated carbocycles. The molecule has 0 aliphatic heterocycles. The number of aromatic nitrogens is 2. The van der Waals surface area contributed by atoms with E-state index in [1.807, 2.05) is 6.07 Å². The maximum absolute atomic E-state index is 5.68. The van der Waals surface area contributed by atoms with Gasteiger partial charge in [0.25, 0.3) is 0 Å². The zero-order valence-corrected chi connectivity index (χ0v) is 12.2. The fourth-order valence-corrected chi connectivity index (χ4v) is 2.15. The summed E-state index contributed by atoms with van der Waals surface area (Å²) in [5.74, 6) is 7.29. The molecule has 0 saturated heterocycles. The second-order valence-electron chi connectivity index (χ2n) is 4.15. The second kappa shape index (κ2) is 6.87. The first-order chi connectivity index (χ1) is 10.3. The maximum atomic E-state index is 5.68. The van der Waals surface area contributed by atoms with Crippen LogP contribution in [0.2, 0.25) is 0 Å². The lowest BCUT2D eigenvalue weighted by atomic mass is 10.0. The minimum absolute atomic E-state index is 0.381. The molecule has 7 nitrogen and oxygen atoms in total. The molecule has 2 aromatic rings. The largest absolute Gasteiger partial charge is 0.493 e. The van der Waals surface area contributed by atoms with Crippen molar-refractivity contribution in [2.45, 2.75) is 6.04 Å². The van der Waals surface area contributed by atoms with Crippen molar-refractivity contribution in [2.24, 2.45) is 5.84 Å². The number of nitrogens with one attached hydrogen (secondary N) is 1. The number of hydrazine groups is 1. The monoisotopic (exact) mass is 290 g/mol. The van der Waals surface area contributed by atoms with Gasteiger partial charge in [-0.3, -0.25) is 15.8 Å². The van der Waals surface area contributed by atoms with E-state index in [9.17, 15) is 0 Å². The fraction of sp³-hybridized carbons (Fsp3) is 0.286. The molecular formula is C14H18N4O3. The molecule has 0 amide bonds. The minimum Gasteiger partial charge on any atom is -0.493 e. The van der Waals surface area contributed by atoms with E-state index in [1.54, 1.807) is 46.0 Å². The zero-order chi connectivity index (χ0) is 15.2. The van der Waals surface area contributed by atoms with E-state index < -0.39 is 0 Å². The molecule has 21 heavy (non-hydrogen) atoms. The lowest BCUT2D eigenvalue weighted by Crippen LogP contribution is -2.30. The quantitative estimate of drug-likeness (QED) is 0.607. The molecule has 0 radical (unpaired) electrons. The van der Waals surface area contributed by atoms with E-state index in [0.717, 1.165) is 5.56 Å². The first kappa shape index (κ1) is 15.0. The van der Waals surface area contributed by atoms with E-state index in [-0.39, 0.29) is 6.04 Å². The summed E-state index contributed by atoms with van der Waals surface area (Å²) >= 11 is 0. The van der Waals surface area contributed by atoms with Crippen molar-refractivity contribution in [1.82, 2.24) is 15.4 Å². The van der Waals surface area contributed by atoms with Crippen molar-refractivity contribution in [2.75, 3.05) is 21.3 Å². The summed E-state index contributed by atoms with van der Waals surface area (Å²) < 4.78 is 16.1. The highest BCUT2D eigenvalue weighted by Crippen LogP contribution is 2.42. The third-order valence-electron chi connectivity index (χ3n) is 3.09. The first-order valence-electron chi connectivity index (χ1n) is 6.27. The Morgan fingerprint density at radius 3 is 2.33 bits per heavy atom. The zero-order valence-electron chi connectivity index (χ0n) is 12.2. The number of benzene rings is 1. The minimum atomic E-state index is -0.381. The Morgan fingerprint density at radius 2 is 1.81 bits per heavy atom. The normalized spacial score (nSPS) is 11.8. The molecule has 112 valence electrons. The number of hydrogen-bond donors (Lipinski definition) is 2. The van der Waals surface area contributed by atoms with E-state index in [2.05, 4.69) is 15.4 Å². The Bertz CT molecular complexity index is 592. The maximum Gasteiger partial charge on any atom is 0.203 e. The Labute approximate surface area is 123 Å². The van der Waals surface area contributed by atoms with Crippen LogP contribution in [-0.2, 0) is 0 Å². The molecule has 3 N–H and O–H groups in total. The van der Waals surface area contributed by atoms with Gasteiger partial charge in [0, 0.05) is 18.0 Å². The molecule has 1 atom stereocenters. The summed E-state index contributed by atoms with van der Waals surface area (Å²) in [4.78, 5) is 8.32. The summed E-state index contributed by atoms with van der Waals surface area (Å²) in [6.45, 7) is 0. The Balaban J connectivity index is 2.56. The molecule has 1 heterocycles. The SMILES string of the molecule is COc1ccc(C(NN)c2cnccn2)c(OC)c1OC. The van der Waals surface area contributed by atoms with Gasteiger partial charge < -0.3 is 14.2 Å². The lowest BCUT2D eigenvalue weighted by Gasteiger charge is -2.21. The molecule has 7 heteroatoms. The number of ether oxygens (including phenoxy) is 3. The van der Waals surface area contributed by atoms with Gasteiger partial charge in [0.1, 0.15) is 0 Å². The molecule has 0 aliphatic carbocycles. The van der Waals surface area contributed by atoms with Crippen LogP contribution in [0.3, 0.4) is 0 Å². The van der Waals surface area contributed by atoms with E-state index in [4.69, 9.17) is 20.1 Å². The summed E-state index contributed by atoms with van der Waals surface area (Å²) in [6.07, 6.45) is 4.84. The summed E-state index contributed by atoms with van der Waals surface area (Å²) in [5, 5.41) is 0. The number of hydrogen-bond acceptors (Lipinski definition) is 7. The van der Waals surface area contributed by atoms with Gasteiger partial charge in [-0.15, -0.1) is 0 Å². The van der Waals surface area contributed by atoms with Gasteiger partial charge in [-0.2, -0.15) is 0 Å². The highest BCUT2D eigenvalue weighted by Gasteiger charge is 2.23. The van der Waals surface area contributed by atoms with E-state index in [0.29, 0.717) is 22.9 Å². The number of methoxy groups -OCH3 is 3. The predicted octanol–water partition coefficient (Wildman–Crippen LogP) is 1.06.